The number of pyridine rings is 1. The number of carboxylic acids is 1. The molecule has 0 aliphatic carbocycles. The van der Waals surface area contributed by atoms with E-state index in [2.05, 4.69) is 20.2 Å². The Bertz CT molecular complexity index is 926. The number of hydrogen-bond acceptors (Lipinski definition) is 6. The van der Waals surface area contributed by atoms with E-state index in [1.54, 1.807) is 29.2 Å². The van der Waals surface area contributed by atoms with Crippen molar-refractivity contribution >= 4 is 11.7 Å². The molecule has 3 aromatic rings. The van der Waals surface area contributed by atoms with Crippen LogP contribution in [-0.4, -0.2) is 44.2 Å². The normalized spacial score (nSPS) is 13.2. The van der Waals surface area contributed by atoms with E-state index < -0.39 is 5.97 Å². The molecule has 1 aliphatic heterocycles. The lowest BCUT2D eigenvalue weighted by molar-refractivity contribution is 0.0692. The molecule has 3 heterocycles. The zero-order valence-corrected chi connectivity index (χ0v) is 13.9. The van der Waals surface area contributed by atoms with Crippen LogP contribution in [0.1, 0.15) is 21.6 Å². The number of carbonyl (C=O) groups is 1. The number of carboxylic acid groups (broad SMARTS) is 1. The highest BCUT2D eigenvalue weighted by molar-refractivity contribution is 5.93. The summed E-state index contributed by atoms with van der Waals surface area (Å²) in [5, 5.41) is 17.7. The fourth-order valence-corrected chi connectivity index (χ4v) is 3.00. The van der Waals surface area contributed by atoms with Gasteiger partial charge in [-0.25, -0.2) is 9.48 Å². The fraction of sp³-hybridized carbons (Fsp3) is 0.222. The van der Waals surface area contributed by atoms with Crippen molar-refractivity contribution in [2.24, 2.45) is 0 Å². The molecule has 2 aromatic heterocycles. The molecule has 0 amide bonds. The van der Waals surface area contributed by atoms with Crippen LogP contribution in [0.4, 0.5) is 5.69 Å². The quantitative estimate of drug-likeness (QED) is 0.749. The Balaban J connectivity index is 1.53. The highest BCUT2D eigenvalue weighted by Gasteiger charge is 2.24. The van der Waals surface area contributed by atoms with E-state index in [0.717, 1.165) is 16.9 Å². The number of para-hydroxylation sites is 1. The van der Waals surface area contributed by atoms with E-state index in [9.17, 15) is 9.90 Å². The molecule has 0 spiro atoms. The van der Waals surface area contributed by atoms with Crippen molar-refractivity contribution in [3.05, 3.63) is 65.7 Å². The summed E-state index contributed by atoms with van der Waals surface area (Å²) < 4.78 is 7.36. The largest absolute Gasteiger partial charge is 0.489 e. The first kappa shape index (κ1) is 16.1. The molecule has 26 heavy (non-hydrogen) atoms. The molecule has 8 heteroatoms. The molecule has 132 valence electrons. The zero-order chi connectivity index (χ0) is 17.9. The smallest absolute Gasteiger partial charge is 0.339 e. The molecule has 0 unspecified atom stereocenters. The molecule has 0 atom stereocenters. The number of aromatic nitrogens is 4. The van der Waals surface area contributed by atoms with Crippen LogP contribution < -0.4 is 9.64 Å². The Kier molecular flexibility index (Phi) is 4.22. The molecule has 0 bridgehead atoms. The van der Waals surface area contributed by atoms with Crippen molar-refractivity contribution < 1.29 is 14.6 Å². The van der Waals surface area contributed by atoms with E-state index in [1.807, 2.05) is 24.4 Å². The number of aromatic carboxylic acids is 1. The maximum Gasteiger partial charge on any atom is 0.339 e. The van der Waals surface area contributed by atoms with Crippen molar-refractivity contribution in [2.45, 2.75) is 13.1 Å². The Morgan fingerprint density at radius 3 is 2.96 bits per heavy atom. The minimum absolute atomic E-state index is 0.174. The number of ether oxygens (including phenoxy) is 1. The first-order valence-electron chi connectivity index (χ1n) is 8.22. The van der Waals surface area contributed by atoms with Gasteiger partial charge in [-0.15, -0.1) is 5.10 Å². The van der Waals surface area contributed by atoms with Crippen molar-refractivity contribution in [3.63, 3.8) is 0 Å². The predicted molar refractivity (Wildman–Crippen MR) is 93.3 cm³/mol. The lowest BCUT2D eigenvalue weighted by Gasteiger charge is -2.31. The van der Waals surface area contributed by atoms with Gasteiger partial charge in [-0.05, 0) is 23.8 Å². The van der Waals surface area contributed by atoms with Crippen LogP contribution in [0.5, 0.6) is 5.75 Å². The van der Waals surface area contributed by atoms with Gasteiger partial charge in [0.1, 0.15) is 17.9 Å². The first-order valence-corrected chi connectivity index (χ1v) is 8.22. The van der Waals surface area contributed by atoms with Gasteiger partial charge in [0, 0.05) is 12.4 Å². The van der Waals surface area contributed by atoms with Crippen molar-refractivity contribution in [2.75, 3.05) is 18.1 Å². The van der Waals surface area contributed by atoms with Gasteiger partial charge in [0.2, 0.25) is 0 Å². The van der Waals surface area contributed by atoms with Gasteiger partial charge >= 0.3 is 5.97 Å². The third kappa shape index (κ3) is 3.21. The summed E-state index contributed by atoms with van der Waals surface area (Å²) in [4.78, 5) is 17.5. The maximum atomic E-state index is 11.4. The average Bonchev–Trinajstić information content (AvgIpc) is 3.09. The number of nitrogens with zero attached hydrogens (tertiary/aromatic N) is 5. The van der Waals surface area contributed by atoms with E-state index in [4.69, 9.17) is 4.74 Å². The highest BCUT2D eigenvalue weighted by atomic mass is 16.5. The topological polar surface area (TPSA) is 93.4 Å². The summed E-state index contributed by atoms with van der Waals surface area (Å²) in [7, 11) is 0. The summed E-state index contributed by atoms with van der Waals surface area (Å²) >= 11 is 0. The molecule has 1 N–H and O–H groups in total. The van der Waals surface area contributed by atoms with Gasteiger partial charge in [0.05, 0.1) is 31.5 Å². The minimum Gasteiger partial charge on any atom is -0.489 e. The van der Waals surface area contributed by atoms with Crippen molar-refractivity contribution in [3.8, 4) is 5.75 Å². The number of hydrogen-bond donors (Lipinski definition) is 1. The highest BCUT2D eigenvalue weighted by Crippen LogP contribution is 2.35. The third-order valence-electron chi connectivity index (χ3n) is 4.18. The van der Waals surface area contributed by atoms with Gasteiger partial charge in [-0.2, -0.15) is 0 Å². The van der Waals surface area contributed by atoms with Crippen molar-refractivity contribution in [1.29, 1.82) is 0 Å². The standard InChI is InChI=1S/C18H17N5O3/c24-18(25)15-4-1-5-16-17(15)26-8-7-22(16)11-14-12-23(21-20-14)10-13-3-2-6-19-9-13/h1-6,9,12H,7-8,10-11H2,(H,24,25). The Labute approximate surface area is 149 Å². The fourth-order valence-electron chi connectivity index (χ4n) is 3.00. The second-order valence-electron chi connectivity index (χ2n) is 6.00. The van der Waals surface area contributed by atoms with E-state index >= 15 is 0 Å². The van der Waals surface area contributed by atoms with Crippen LogP contribution in [0.25, 0.3) is 0 Å². The summed E-state index contributed by atoms with van der Waals surface area (Å²) in [6.45, 7) is 2.23. The van der Waals surface area contributed by atoms with E-state index in [0.29, 0.717) is 32.0 Å². The lowest BCUT2D eigenvalue weighted by Crippen LogP contribution is -2.33. The number of fused-ring (bicyclic) bond motifs is 1. The average molecular weight is 351 g/mol. The van der Waals surface area contributed by atoms with E-state index in [-0.39, 0.29) is 5.56 Å². The zero-order valence-electron chi connectivity index (χ0n) is 13.9. The number of benzene rings is 1. The SMILES string of the molecule is O=C(O)c1cccc2c1OCCN2Cc1cn(Cc2cccnc2)nn1. The molecule has 0 saturated heterocycles. The number of anilines is 1. The molecule has 1 aromatic carbocycles. The minimum atomic E-state index is -0.994. The summed E-state index contributed by atoms with van der Waals surface area (Å²) in [5.41, 5.74) is 2.79. The van der Waals surface area contributed by atoms with Crippen LogP contribution in [0, 0.1) is 0 Å². The molecule has 0 fully saturated rings. The van der Waals surface area contributed by atoms with Crippen LogP contribution >= 0.6 is 0 Å². The third-order valence-corrected chi connectivity index (χ3v) is 4.18. The van der Waals surface area contributed by atoms with Gasteiger partial charge in [0.15, 0.2) is 5.75 Å². The van der Waals surface area contributed by atoms with Gasteiger partial charge in [-0.3, -0.25) is 4.98 Å². The molecule has 4 rings (SSSR count). The molecule has 8 nitrogen and oxygen atoms in total. The van der Waals surface area contributed by atoms with Crippen LogP contribution in [0.15, 0.2) is 48.9 Å². The summed E-state index contributed by atoms with van der Waals surface area (Å²) in [5.74, 6) is -0.583. The molecular weight excluding hydrogens is 334 g/mol. The Morgan fingerprint density at radius 1 is 1.23 bits per heavy atom. The molecule has 0 saturated carbocycles. The Morgan fingerprint density at radius 2 is 2.15 bits per heavy atom. The monoisotopic (exact) mass is 351 g/mol. The van der Waals surface area contributed by atoms with Gasteiger partial charge < -0.3 is 14.7 Å². The maximum absolute atomic E-state index is 11.4. The molecule has 0 radical (unpaired) electrons. The van der Waals surface area contributed by atoms with Crippen LogP contribution in [-0.2, 0) is 13.1 Å². The lowest BCUT2D eigenvalue weighted by atomic mass is 10.1. The molecular formula is C18H17N5O3. The van der Waals surface area contributed by atoms with Gasteiger partial charge in [-0.1, -0.05) is 17.3 Å². The van der Waals surface area contributed by atoms with Crippen LogP contribution in [0.3, 0.4) is 0 Å². The number of rotatable bonds is 5. The molecule has 1 aliphatic rings. The first-order chi connectivity index (χ1) is 12.7. The second-order valence-corrected chi connectivity index (χ2v) is 6.00. The second kappa shape index (κ2) is 6.83. The van der Waals surface area contributed by atoms with Crippen LogP contribution in [0.2, 0.25) is 0 Å². The summed E-state index contributed by atoms with van der Waals surface area (Å²) in [6, 6.07) is 9.01. The van der Waals surface area contributed by atoms with Crippen molar-refractivity contribution in [1.82, 2.24) is 20.0 Å². The predicted octanol–water partition coefficient (Wildman–Crippen LogP) is 1.82. The summed E-state index contributed by atoms with van der Waals surface area (Å²) in [6.07, 6.45) is 5.42. The van der Waals surface area contributed by atoms with E-state index in [1.165, 1.54) is 0 Å². The van der Waals surface area contributed by atoms with Gasteiger partial charge in [0.25, 0.3) is 0 Å². The Hall–Kier alpha value is -3.42.